The van der Waals surface area contributed by atoms with E-state index in [0.717, 1.165) is 12.8 Å². The van der Waals surface area contributed by atoms with Crippen LogP contribution in [-0.2, 0) is 16.1 Å². The van der Waals surface area contributed by atoms with E-state index >= 15 is 0 Å². The number of allylic oxidation sites excluding steroid dienone is 2. The van der Waals surface area contributed by atoms with Crippen molar-refractivity contribution in [1.82, 2.24) is 0 Å². The average molecular weight is 953 g/mol. The van der Waals surface area contributed by atoms with Crippen LogP contribution in [0.25, 0.3) is 45.5 Å². The number of rotatable bonds is 9. The molecule has 9 rings (SSSR count). The van der Waals surface area contributed by atoms with Crippen molar-refractivity contribution in [1.29, 1.82) is 0 Å². The van der Waals surface area contributed by atoms with E-state index in [1.165, 1.54) is 91.6 Å². The molecule has 0 radical (unpaired) electrons. The van der Waals surface area contributed by atoms with Gasteiger partial charge in [0.25, 0.3) is 0 Å². The quantitative estimate of drug-likeness (QED) is 0.127. The van der Waals surface area contributed by atoms with Gasteiger partial charge in [0.15, 0.2) is 0 Å². The van der Waals surface area contributed by atoms with E-state index in [2.05, 4.69) is 181 Å². The first-order chi connectivity index (χ1) is 26.9. The molecule has 0 spiro atoms. The Kier molecular flexibility index (Phi) is 9.76. The van der Waals surface area contributed by atoms with Gasteiger partial charge in [-0.05, 0) is 0 Å². The fourth-order valence-electron chi connectivity index (χ4n) is 10.8. The molecule has 4 heteroatoms. The Morgan fingerprint density at radius 2 is 0.929 bits per heavy atom. The summed E-state index contributed by atoms with van der Waals surface area (Å²) in [6.07, 6.45) is 6.97. The van der Waals surface area contributed by atoms with Crippen LogP contribution in [-0.4, -0.2) is 9.52 Å². The second kappa shape index (κ2) is 14.4. The molecule has 2 unspecified atom stereocenters. The Balaban J connectivity index is 1.39. The van der Waals surface area contributed by atoms with Crippen LogP contribution in [0, 0.1) is 25.7 Å². The predicted molar refractivity (Wildman–Crippen MR) is 245 cm³/mol. The van der Waals surface area contributed by atoms with Crippen LogP contribution in [0.4, 0.5) is 0 Å². The summed E-state index contributed by atoms with van der Waals surface area (Å²) in [5.41, 5.74) is 18.5. The normalized spacial score (nSPS) is 18.0. The van der Waals surface area contributed by atoms with Crippen LogP contribution >= 0.6 is 17.2 Å². The molecule has 2 aliphatic carbocycles. The summed E-state index contributed by atoms with van der Waals surface area (Å²) in [7, 11) is 17.9. The van der Waals surface area contributed by atoms with Crippen LogP contribution in [0.3, 0.4) is 0 Å². The van der Waals surface area contributed by atoms with Crippen LogP contribution < -0.4 is 13.7 Å². The van der Waals surface area contributed by atoms with E-state index in [-0.39, 0.29) is 7.35 Å². The standard InChI is InChI=1S/2C20H21.C12H9Si.2ClH.Hf/c2*1-14(2)11-16-12-17-8-6-10-19(20(17)13-16)18-9-5-4-7-15(18)3;1-3-7-11-9(5-1)10-6-2-4-8-12(10)13-11;;;/h2*4-10,12-14H,11H2,1-3H3;1-7H,13H2;2*1H;/q;;;;;+2/p-2. The number of aryl methyl sites for hydroxylation is 2. The molecule has 281 valence electrons. The molecule has 0 N–H and O–H groups in total. The molecule has 0 aromatic heterocycles. The zero-order valence-electron chi connectivity index (χ0n) is 33.5. The maximum absolute atomic E-state index is 9.36. The molecule has 0 fully saturated rings. The SMILES string of the molecule is Cc1ccccc1-c1cccc2c1C=C(CC(C)C)[CH]2[Hf]([Cl])([Cl])([c]1cccc2c1[SiH2]c1ccccc1-2)[CH]1C(CC(C)C)=Cc2c(-c3ccccc3C)cccc21. The molecular weight excluding hydrogens is 902 g/mol. The third-order valence-electron chi connectivity index (χ3n) is 12.9. The zero-order valence-corrected chi connectivity index (χ0v) is 40.0. The molecule has 2 atom stereocenters. The molecule has 6 aromatic carbocycles. The summed E-state index contributed by atoms with van der Waals surface area (Å²) >= 11 is -5.79. The second-order valence-corrected chi connectivity index (χ2v) is 48.7. The van der Waals surface area contributed by atoms with Crippen molar-refractivity contribution in [2.24, 2.45) is 11.8 Å². The van der Waals surface area contributed by atoms with Crippen LogP contribution in [0.5, 0.6) is 0 Å². The summed E-state index contributed by atoms with van der Waals surface area (Å²) in [6.45, 7) is 13.9. The molecule has 56 heavy (non-hydrogen) atoms. The number of hydrogen-bond donors (Lipinski definition) is 0. The monoisotopic (exact) mass is 953 g/mol. The fraction of sp³-hybridized carbons (Fsp3) is 0.231. The van der Waals surface area contributed by atoms with Crippen LogP contribution in [0.15, 0.2) is 139 Å². The van der Waals surface area contributed by atoms with Crippen LogP contribution in [0.1, 0.15) is 81.3 Å². The van der Waals surface area contributed by atoms with Crippen LogP contribution in [0.2, 0.25) is 0 Å². The molecule has 0 saturated heterocycles. The average Bonchev–Trinajstić information content (AvgIpc) is 3.86. The van der Waals surface area contributed by atoms with Crippen molar-refractivity contribution in [3.8, 4) is 33.4 Å². The predicted octanol–water partition coefficient (Wildman–Crippen LogP) is 12.7. The van der Waals surface area contributed by atoms with E-state index in [4.69, 9.17) is 0 Å². The van der Waals surface area contributed by atoms with E-state index < -0.39 is 25.7 Å². The van der Waals surface area contributed by atoms with Gasteiger partial charge in [-0.15, -0.1) is 0 Å². The molecule has 0 nitrogen and oxygen atoms in total. The molecule has 1 aliphatic heterocycles. The van der Waals surface area contributed by atoms with Crippen molar-refractivity contribution >= 4 is 52.5 Å². The number of fused-ring (bicyclic) bond motifs is 5. The van der Waals surface area contributed by atoms with E-state index in [9.17, 15) is 17.2 Å². The van der Waals surface area contributed by atoms with Gasteiger partial charge in [-0.25, -0.2) is 0 Å². The van der Waals surface area contributed by atoms with Gasteiger partial charge in [0.05, 0.1) is 0 Å². The minimum atomic E-state index is -5.79. The molecule has 0 saturated carbocycles. The van der Waals surface area contributed by atoms with Crippen molar-refractivity contribution < 1.29 is 16.1 Å². The van der Waals surface area contributed by atoms with Gasteiger partial charge in [-0.3, -0.25) is 0 Å². The van der Waals surface area contributed by atoms with Crippen molar-refractivity contribution in [3.63, 3.8) is 0 Å². The summed E-state index contributed by atoms with van der Waals surface area (Å²) in [5.74, 6) is 0.895. The minimum absolute atomic E-state index is 0.0745. The van der Waals surface area contributed by atoms with Crippen molar-refractivity contribution in [3.05, 3.63) is 172 Å². The molecule has 6 aromatic rings. The van der Waals surface area contributed by atoms with Gasteiger partial charge in [0, 0.05) is 0 Å². The third-order valence-corrected chi connectivity index (χ3v) is 44.6. The van der Waals surface area contributed by atoms with Gasteiger partial charge in [0.2, 0.25) is 0 Å². The van der Waals surface area contributed by atoms with Gasteiger partial charge in [-0.2, -0.15) is 0 Å². The summed E-state index contributed by atoms with van der Waals surface area (Å²) < 4.78 is 1.16. The van der Waals surface area contributed by atoms with Gasteiger partial charge < -0.3 is 0 Å². The molecule has 3 aliphatic rings. The molecule has 1 heterocycles. The Morgan fingerprint density at radius 1 is 0.500 bits per heavy atom. The molecule has 0 bridgehead atoms. The fourth-order valence-corrected chi connectivity index (χ4v) is 49.7. The first kappa shape index (κ1) is 38.0. The van der Waals surface area contributed by atoms with Gasteiger partial charge >= 0.3 is 348 Å². The summed E-state index contributed by atoms with van der Waals surface area (Å²) in [5, 5.41) is 2.98. The van der Waals surface area contributed by atoms with E-state index in [1.807, 2.05) is 0 Å². The molecule has 0 amide bonds. The van der Waals surface area contributed by atoms with Crippen molar-refractivity contribution in [2.45, 2.75) is 61.7 Å². The third kappa shape index (κ3) is 6.00. The first-order valence-corrected chi connectivity index (χ1v) is 36.8. The van der Waals surface area contributed by atoms with Gasteiger partial charge in [-0.1, -0.05) is 0 Å². The van der Waals surface area contributed by atoms with E-state index in [1.54, 1.807) is 0 Å². The Morgan fingerprint density at radius 3 is 1.43 bits per heavy atom. The Hall–Kier alpha value is -3.53. The van der Waals surface area contributed by atoms with Gasteiger partial charge in [0.1, 0.15) is 0 Å². The number of benzene rings is 6. The Bertz CT molecular complexity index is 2480. The first-order valence-electron chi connectivity index (χ1n) is 20.5. The summed E-state index contributed by atoms with van der Waals surface area (Å²) in [6, 6.07) is 47.7. The summed E-state index contributed by atoms with van der Waals surface area (Å²) in [4.78, 5) is 0. The molecular formula is C52H51Cl2HfSi. The topological polar surface area (TPSA) is 0 Å². The number of halogens is 2. The second-order valence-electron chi connectivity index (χ2n) is 17.6. The maximum atomic E-state index is 9.36. The van der Waals surface area contributed by atoms with E-state index in [0.29, 0.717) is 11.8 Å². The Labute approximate surface area is 344 Å². The zero-order chi connectivity index (χ0) is 39.0. The number of hydrogen-bond acceptors (Lipinski definition) is 0. The van der Waals surface area contributed by atoms with Crippen molar-refractivity contribution in [2.75, 3.05) is 0 Å².